The van der Waals surface area contributed by atoms with Gasteiger partial charge in [-0.2, -0.15) is 0 Å². The largest absolute Gasteiger partial charge is 0.352 e. The molecule has 2 rings (SSSR count). The van der Waals surface area contributed by atoms with Gasteiger partial charge < -0.3 is 10.3 Å². The van der Waals surface area contributed by atoms with Crippen LogP contribution >= 0.6 is 34.8 Å². The topological polar surface area (TPSA) is 62.0 Å². The molecule has 2 aromatic rings. The molecule has 24 heavy (non-hydrogen) atoms. The van der Waals surface area contributed by atoms with Crippen LogP contribution < -0.4 is 5.32 Å². The first kappa shape index (κ1) is 18.8. The van der Waals surface area contributed by atoms with Crippen LogP contribution in [0.15, 0.2) is 48.7 Å². The fourth-order valence-corrected chi connectivity index (χ4v) is 2.96. The van der Waals surface area contributed by atoms with Gasteiger partial charge in [0.1, 0.15) is 4.64 Å². The molecule has 4 nitrogen and oxygen atoms in total. The summed E-state index contributed by atoms with van der Waals surface area (Å²) in [4.78, 5) is 27.8. The Kier molecular flexibility index (Phi) is 7.58. The zero-order valence-electron chi connectivity index (χ0n) is 13.1. The van der Waals surface area contributed by atoms with E-state index in [2.05, 4.69) is 32.9 Å². The highest BCUT2D eigenvalue weighted by Crippen LogP contribution is 2.09. The average Bonchev–Trinajstić information content (AvgIpc) is 2.60. The molecule has 1 amide bonds. The number of hydrogen-bond donors (Lipinski definition) is 2. The van der Waals surface area contributed by atoms with Crippen molar-refractivity contribution < 1.29 is 9.59 Å². The SMILES string of the molecule is O=C(NC(Cc1ccccc1)C(=O)CCCI)c1ccc[nH]c1=S. The first-order chi connectivity index (χ1) is 11.6. The number of hydrogen-bond acceptors (Lipinski definition) is 3. The van der Waals surface area contributed by atoms with Gasteiger partial charge in [-0.25, -0.2) is 0 Å². The standard InChI is InChI=1S/C18H19IN2O2S/c19-10-4-9-16(22)15(12-13-6-2-1-3-7-13)21-17(23)14-8-5-11-20-18(14)24/h1-3,5-8,11,15H,4,9-10,12H2,(H,20,24)(H,21,23). The maximum atomic E-state index is 12.5. The lowest BCUT2D eigenvalue weighted by atomic mass is 9.99. The van der Waals surface area contributed by atoms with E-state index in [1.807, 2.05) is 30.3 Å². The molecule has 0 fully saturated rings. The van der Waals surface area contributed by atoms with Crippen molar-refractivity contribution in [1.82, 2.24) is 10.3 Å². The highest BCUT2D eigenvalue weighted by atomic mass is 127. The molecule has 1 heterocycles. The third-order valence-corrected chi connectivity index (χ3v) is 4.70. The molecular weight excluding hydrogens is 435 g/mol. The molecule has 1 unspecified atom stereocenters. The predicted molar refractivity (Wildman–Crippen MR) is 106 cm³/mol. The number of aromatic nitrogens is 1. The van der Waals surface area contributed by atoms with Crippen LogP contribution in [-0.4, -0.2) is 27.1 Å². The van der Waals surface area contributed by atoms with E-state index in [1.165, 1.54) is 0 Å². The normalized spacial score (nSPS) is 11.7. The number of benzene rings is 1. The van der Waals surface area contributed by atoms with Crippen molar-refractivity contribution in [2.75, 3.05) is 4.43 Å². The summed E-state index contributed by atoms with van der Waals surface area (Å²) in [6.07, 6.45) is 3.43. The van der Waals surface area contributed by atoms with E-state index in [0.717, 1.165) is 16.4 Å². The molecular formula is C18H19IN2O2S. The molecule has 0 saturated carbocycles. The van der Waals surface area contributed by atoms with Crippen molar-refractivity contribution in [3.8, 4) is 0 Å². The first-order valence-electron chi connectivity index (χ1n) is 7.73. The van der Waals surface area contributed by atoms with Crippen LogP contribution in [-0.2, 0) is 11.2 Å². The van der Waals surface area contributed by atoms with Gasteiger partial charge in [0.05, 0.1) is 11.6 Å². The Hall–Kier alpha value is -1.54. The molecule has 0 radical (unpaired) electrons. The van der Waals surface area contributed by atoms with E-state index < -0.39 is 6.04 Å². The number of Topliss-reactive ketones (excluding diaryl/α,β-unsaturated/α-hetero) is 1. The lowest BCUT2D eigenvalue weighted by Crippen LogP contribution is -2.42. The van der Waals surface area contributed by atoms with Gasteiger partial charge in [0.15, 0.2) is 5.78 Å². The molecule has 126 valence electrons. The van der Waals surface area contributed by atoms with E-state index in [0.29, 0.717) is 23.0 Å². The Balaban J connectivity index is 2.16. The summed E-state index contributed by atoms with van der Waals surface area (Å²) in [5, 5.41) is 2.85. The van der Waals surface area contributed by atoms with Crippen LogP contribution in [0.25, 0.3) is 0 Å². The number of alkyl halides is 1. The second-order valence-corrected chi connectivity index (χ2v) is 6.87. The van der Waals surface area contributed by atoms with Crippen molar-refractivity contribution in [2.45, 2.75) is 25.3 Å². The fourth-order valence-electron chi connectivity index (χ4n) is 2.35. The summed E-state index contributed by atoms with van der Waals surface area (Å²) >= 11 is 7.39. The second-order valence-electron chi connectivity index (χ2n) is 5.39. The van der Waals surface area contributed by atoms with Gasteiger partial charge in [0.25, 0.3) is 5.91 Å². The Morgan fingerprint density at radius 3 is 2.58 bits per heavy atom. The molecule has 0 aliphatic heterocycles. The van der Waals surface area contributed by atoms with E-state index in [1.54, 1.807) is 18.3 Å². The van der Waals surface area contributed by atoms with Gasteiger partial charge in [-0.1, -0.05) is 65.1 Å². The zero-order valence-corrected chi connectivity index (χ0v) is 16.1. The number of ketones is 1. The number of H-pyrrole nitrogens is 1. The van der Waals surface area contributed by atoms with Crippen LogP contribution in [0.2, 0.25) is 0 Å². The number of carbonyl (C=O) groups excluding carboxylic acids is 2. The molecule has 1 aromatic heterocycles. The van der Waals surface area contributed by atoms with Crippen molar-refractivity contribution >= 4 is 46.5 Å². The Morgan fingerprint density at radius 1 is 1.17 bits per heavy atom. The third-order valence-electron chi connectivity index (χ3n) is 3.60. The minimum Gasteiger partial charge on any atom is -0.352 e. The summed E-state index contributed by atoms with van der Waals surface area (Å²) < 4.78 is 1.28. The number of amides is 1. The second kappa shape index (κ2) is 9.68. The molecule has 6 heteroatoms. The Morgan fingerprint density at radius 2 is 1.92 bits per heavy atom. The lowest BCUT2D eigenvalue weighted by Gasteiger charge is -2.18. The van der Waals surface area contributed by atoms with Crippen molar-refractivity contribution in [2.24, 2.45) is 0 Å². The predicted octanol–water partition coefficient (Wildman–Crippen LogP) is 3.87. The van der Waals surface area contributed by atoms with E-state index in [4.69, 9.17) is 12.2 Å². The van der Waals surface area contributed by atoms with Gasteiger partial charge in [0, 0.05) is 12.6 Å². The maximum absolute atomic E-state index is 12.5. The first-order valence-corrected chi connectivity index (χ1v) is 9.66. The number of halogens is 1. The van der Waals surface area contributed by atoms with Crippen LogP contribution in [0.5, 0.6) is 0 Å². The minimum atomic E-state index is -0.544. The summed E-state index contributed by atoms with van der Waals surface area (Å²) in [5.74, 6) is -0.268. The van der Waals surface area contributed by atoms with Crippen molar-refractivity contribution in [1.29, 1.82) is 0 Å². The molecule has 0 spiro atoms. The molecule has 1 atom stereocenters. The Bertz CT molecular complexity index is 746. The molecule has 1 aromatic carbocycles. The van der Waals surface area contributed by atoms with Gasteiger partial charge in [0.2, 0.25) is 0 Å². The summed E-state index contributed by atoms with van der Waals surface area (Å²) in [6, 6.07) is 12.5. The highest BCUT2D eigenvalue weighted by molar-refractivity contribution is 14.1. The summed E-state index contributed by atoms with van der Waals surface area (Å²) in [5.41, 5.74) is 1.40. The Labute approximate surface area is 160 Å². The minimum absolute atomic E-state index is 0.0506. The van der Waals surface area contributed by atoms with E-state index >= 15 is 0 Å². The van der Waals surface area contributed by atoms with Crippen LogP contribution in [0.3, 0.4) is 0 Å². The number of nitrogens with one attached hydrogen (secondary N) is 2. The van der Waals surface area contributed by atoms with Gasteiger partial charge >= 0.3 is 0 Å². The molecule has 0 bridgehead atoms. The van der Waals surface area contributed by atoms with Crippen molar-refractivity contribution in [3.05, 3.63) is 64.4 Å². The quantitative estimate of drug-likeness (QED) is 0.362. The lowest BCUT2D eigenvalue weighted by molar-refractivity contribution is -0.120. The third kappa shape index (κ3) is 5.52. The number of rotatable bonds is 8. The van der Waals surface area contributed by atoms with Gasteiger partial charge in [-0.05, 0) is 35.0 Å². The highest BCUT2D eigenvalue weighted by Gasteiger charge is 2.21. The number of aromatic amines is 1. The van der Waals surface area contributed by atoms with Gasteiger partial charge in [-0.3, -0.25) is 9.59 Å². The molecule has 0 aliphatic rings. The van der Waals surface area contributed by atoms with Crippen LogP contribution in [0.4, 0.5) is 0 Å². The van der Waals surface area contributed by atoms with Crippen LogP contribution in [0, 0.1) is 4.64 Å². The molecule has 0 aliphatic carbocycles. The monoisotopic (exact) mass is 454 g/mol. The van der Waals surface area contributed by atoms with Gasteiger partial charge in [-0.15, -0.1) is 0 Å². The number of carbonyl (C=O) groups is 2. The van der Waals surface area contributed by atoms with Crippen molar-refractivity contribution in [3.63, 3.8) is 0 Å². The average molecular weight is 454 g/mol. The smallest absolute Gasteiger partial charge is 0.254 e. The molecule has 0 saturated heterocycles. The summed E-state index contributed by atoms with van der Waals surface area (Å²) in [7, 11) is 0. The van der Waals surface area contributed by atoms with E-state index in [9.17, 15) is 9.59 Å². The number of pyridine rings is 1. The fraction of sp³-hybridized carbons (Fsp3) is 0.278. The molecule has 2 N–H and O–H groups in total. The van der Waals surface area contributed by atoms with Crippen LogP contribution in [0.1, 0.15) is 28.8 Å². The zero-order chi connectivity index (χ0) is 17.4. The summed E-state index contributed by atoms with van der Waals surface area (Å²) in [6.45, 7) is 0. The van der Waals surface area contributed by atoms with E-state index in [-0.39, 0.29) is 11.7 Å². The maximum Gasteiger partial charge on any atom is 0.254 e.